The maximum absolute atomic E-state index is 11.6. The van der Waals surface area contributed by atoms with E-state index in [1.165, 1.54) is 0 Å². The van der Waals surface area contributed by atoms with Gasteiger partial charge in [0.15, 0.2) is 0 Å². The van der Waals surface area contributed by atoms with Crippen molar-refractivity contribution in [2.75, 3.05) is 26.7 Å². The number of likely N-dealkylation sites (N-methyl/N-ethyl adjacent to an activating group) is 1. The molecule has 0 unspecified atom stereocenters. The minimum absolute atomic E-state index is 0.0993. The Bertz CT molecular complexity index is 212. The van der Waals surface area contributed by atoms with Crippen LogP contribution in [0.25, 0.3) is 0 Å². The molecule has 1 aliphatic heterocycles. The van der Waals surface area contributed by atoms with Crippen molar-refractivity contribution in [2.24, 2.45) is 0 Å². The van der Waals surface area contributed by atoms with E-state index in [9.17, 15) is 4.79 Å². The first-order valence-corrected chi connectivity index (χ1v) is 5.86. The molecule has 0 radical (unpaired) electrons. The van der Waals surface area contributed by atoms with Gasteiger partial charge < -0.3 is 9.80 Å². The highest BCUT2D eigenvalue weighted by Gasteiger charge is 2.24. The highest BCUT2D eigenvalue weighted by atomic mass is 16.2. The van der Waals surface area contributed by atoms with E-state index in [1.807, 2.05) is 30.7 Å². The fraction of sp³-hybridized carbons (Fsp3) is 0.750. The fourth-order valence-corrected chi connectivity index (χ4v) is 1.42. The SMILES string of the molecule is C=C1C(=O)N(CCCC)CCN1C.CC. The Morgan fingerprint density at radius 2 is 1.93 bits per heavy atom. The Balaban J connectivity index is 0.000000921. The van der Waals surface area contributed by atoms with Crippen LogP contribution in [0, 0.1) is 0 Å². The predicted octanol–water partition coefficient (Wildman–Crippen LogP) is 2.10. The highest BCUT2D eigenvalue weighted by molar-refractivity contribution is 5.92. The maximum Gasteiger partial charge on any atom is 0.269 e. The Morgan fingerprint density at radius 1 is 1.33 bits per heavy atom. The number of hydrogen-bond acceptors (Lipinski definition) is 2. The molecule has 0 aromatic carbocycles. The second-order valence-corrected chi connectivity index (χ2v) is 3.51. The molecule has 1 saturated heterocycles. The minimum atomic E-state index is 0.0993. The van der Waals surface area contributed by atoms with E-state index in [1.54, 1.807) is 0 Å². The zero-order valence-corrected chi connectivity index (χ0v) is 10.5. The number of carbonyl (C=O) groups is 1. The van der Waals surface area contributed by atoms with Crippen molar-refractivity contribution in [2.45, 2.75) is 33.6 Å². The molecule has 1 aliphatic rings. The molecule has 1 rings (SSSR count). The Morgan fingerprint density at radius 3 is 2.47 bits per heavy atom. The van der Waals surface area contributed by atoms with Crippen LogP contribution in [-0.2, 0) is 4.79 Å². The minimum Gasteiger partial charge on any atom is -0.369 e. The summed E-state index contributed by atoms with van der Waals surface area (Å²) in [6, 6.07) is 0. The summed E-state index contributed by atoms with van der Waals surface area (Å²) in [6.45, 7) is 12.5. The molecule has 0 spiro atoms. The normalized spacial score (nSPS) is 16.3. The van der Waals surface area contributed by atoms with Crippen LogP contribution >= 0.6 is 0 Å². The van der Waals surface area contributed by atoms with E-state index in [-0.39, 0.29) is 5.91 Å². The summed E-state index contributed by atoms with van der Waals surface area (Å²) in [5, 5.41) is 0. The van der Waals surface area contributed by atoms with Gasteiger partial charge in [0.05, 0.1) is 5.70 Å². The van der Waals surface area contributed by atoms with Crippen LogP contribution in [0.4, 0.5) is 0 Å². The largest absolute Gasteiger partial charge is 0.369 e. The van der Waals surface area contributed by atoms with Crippen LogP contribution < -0.4 is 0 Å². The number of rotatable bonds is 3. The van der Waals surface area contributed by atoms with E-state index in [0.29, 0.717) is 5.70 Å². The first kappa shape index (κ1) is 14.0. The van der Waals surface area contributed by atoms with Gasteiger partial charge in [-0.1, -0.05) is 33.8 Å². The topological polar surface area (TPSA) is 23.6 Å². The zero-order chi connectivity index (χ0) is 11.8. The number of amides is 1. The third-order valence-electron chi connectivity index (χ3n) is 2.48. The number of piperazine rings is 1. The molecule has 0 atom stereocenters. The van der Waals surface area contributed by atoms with Crippen molar-refractivity contribution in [3.63, 3.8) is 0 Å². The molecule has 0 bridgehead atoms. The van der Waals surface area contributed by atoms with Crippen LogP contribution in [0.1, 0.15) is 33.6 Å². The molecule has 1 heterocycles. The van der Waals surface area contributed by atoms with Gasteiger partial charge in [-0.05, 0) is 6.42 Å². The molecule has 0 aromatic rings. The van der Waals surface area contributed by atoms with Gasteiger partial charge in [-0.15, -0.1) is 0 Å². The molecule has 3 heteroatoms. The van der Waals surface area contributed by atoms with Crippen molar-refractivity contribution in [1.82, 2.24) is 9.80 Å². The molecule has 0 aliphatic carbocycles. The van der Waals surface area contributed by atoms with Gasteiger partial charge in [-0.2, -0.15) is 0 Å². The van der Waals surface area contributed by atoms with Gasteiger partial charge in [0, 0.05) is 26.7 Å². The number of carbonyl (C=O) groups excluding carboxylic acids is 1. The first-order chi connectivity index (χ1) is 7.16. The van der Waals surface area contributed by atoms with E-state index in [0.717, 1.165) is 32.5 Å². The fourth-order valence-electron chi connectivity index (χ4n) is 1.42. The lowest BCUT2D eigenvalue weighted by molar-refractivity contribution is -0.131. The third kappa shape index (κ3) is 3.94. The molecular formula is C12H24N2O. The van der Waals surface area contributed by atoms with Crippen molar-refractivity contribution in [1.29, 1.82) is 0 Å². The van der Waals surface area contributed by atoms with Crippen LogP contribution in [-0.4, -0.2) is 42.4 Å². The smallest absolute Gasteiger partial charge is 0.269 e. The van der Waals surface area contributed by atoms with Gasteiger partial charge in [0.2, 0.25) is 0 Å². The highest BCUT2D eigenvalue weighted by Crippen LogP contribution is 2.11. The molecular weight excluding hydrogens is 188 g/mol. The second kappa shape index (κ2) is 7.32. The number of unbranched alkanes of at least 4 members (excludes halogenated alkanes) is 1. The summed E-state index contributed by atoms with van der Waals surface area (Å²) in [6.07, 6.45) is 2.22. The molecule has 1 fully saturated rings. The molecule has 3 nitrogen and oxygen atoms in total. The maximum atomic E-state index is 11.6. The van der Waals surface area contributed by atoms with E-state index in [2.05, 4.69) is 13.5 Å². The van der Waals surface area contributed by atoms with Gasteiger partial charge in [0.1, 0.15) is 0 Å². The lowest BCUT2D eigenvalue weighted by Crippen LogP contribution is -2.47. The standard InChI is InChI=1S/C10H18N2O.C2H6/c1-4-5-6-12-8-7-11(3)9(2)10(12)13;1-2/h2,4-8H2,1,3H3;1-2H3. The third-order valence-corrected chi connectivity index (χ3v) is 2.48. The zero-order valence-electron chi connectivity index (χ0n) is 10.5. The lowest BCUT2D eigenvalue weighted by atomic mass is 10.2. The van der Waals surface area contributed by atoms with Crippen LogP contribution in [0.2, 0.25) is 0 Å². The van der Waals surface area contributed by atoms with Gasteiger partial charge in [-0.25, -0.2) is 0 Å². The van der Waals surface area contributed by atoms with Crippen LogP contribution in [0.3, 0.4) is 0 Å². The monoisotopic (exact) mass is 212 g/mol. The average Bonchev–Trinajstić information content (AvgIpc) is 2.28. The van der Waals surface area contributed by atoms with Crippen molar-refractivity contribution >= 4 is 5.91 Å². The Kier molecular flexibility index (Phi) is 6.84. The van der Waals surface area contributed by atoms with Crippen molar-refractivity contribution < 1.29 is 4.79 Å². The number of nitrogens with zero attached hydrogens (tertiary/aromatic N) is 2. The summed E-state index contributed by atoms with van der Waals surface area (Å²) in [5.74, 6) is 0.0993. The summed E-state index contributed by atoms with van der Waals surface area (Å²) in [4.78, 5) is 15.4. The van der Waals surface area contributed by atoms with Gasteiger partial charge in [0.25, 0.3) is 5.91 Å². The van der Waals surface area contributed by atoms with Crippen molar-refractivity contribution in [3.8, 4) is 0 Å². The van der Waals surface area contributed by atoms with Crippen molar-refractivity contribution in [3.05, 3.63) is 12.3 Å². The van der Waals surface area contributed by atoms with E-state index < -0.39 is 0 Å². The molecule has 1 amide bonds. The molecule has 0 N–H and O–H groups in total. The van der Waals surface area contributed by atoms with Crippen LogP contribution in [0.5, 0.6) is 0 Å². The predicted molar refractivity (Wildman–Crippen MR) is 64.6 cm³/mol. The molecule has 15 heavy (non-hydrogen) atoms. The molecule has 88 valence electrons. The van der Waals surface area contributed by atoms with Gasteiger partial charge in [-0.3, -0.25) is 4.79 Å². The lowest BCUT2D eigenvalue weighted by Gasteiger charge is -2.34. The quantitative estimate of drug-likeness (QED) is 0.669. The average molecular weight is 212 g/mol. The van der Waals surface area contributed by atoms with Crippen LogP contribution in [0.15, 0.2) is 12.3 Å². The Labute approximate surface area is 93.7 Å². The Hall–Kier alpha value is -0.990. The summed E-state index contributed by atoms with van der Waals surface area (Å²) in [7, 11) is 1.91. The summed E-state index contributed by atoms with van der Waals surface area (Å²) in [5.41, 5.74) is 0.627. The summed E-state index contributed by atoms with van der Waals surface area (Å²) < 4.78 is 0. The van der Waals surface area contributed by atoms with Gasteiger partial charge >= 0.3 is 0 Å². The van der Waals surface area contributed by atoms with E-state index in [4.69, 9.17) is 0 Å². The number of hydrogen-bond donors (Lipinski definition) is 0. The summed E-state index contributed by atoms with van der Waals surface area (Å²) >= 11 is 0. The van der Waals surface area contributed by atoms with E-state index >= 15 is 0 Å². The first-order valence-electron chi connectivity index (χ1n) is 5.86. The molecule has 0 saturated carbocycles. The second-order valence-electron chi connectivity index (χ2n) is 3.51. The molecule has 0 aromatic heterocycles.